The maximum Gasteiger partial charge on any atom is 0.416 e. The second kappa shape index (κ2) is 7.18. The molecule has 2 heterocycles. The number of fused-ring (bicyclic) bond motifs is 1. The molecular formula is C19H20F3N5O2. The molecule has 1 aromatic carbocycles. The van der Waals surface area contributed by atoms with Gasteiger partial charge >= 0.3 is 12.1 Å². The second-order valence-corrected chi connectivity index (χ2v) is 7.42. The number of halogens is 3. The third kappa shape index (κ3) is 4.12. The lowest BCUT2D eigenvalue weighted by Crippen LogP contribution is -2.46. The van der Waals surface area contributed by atoms with E-state index in [1.807, 2.05) is 4.90 Å². The third-order valence-corrected chi connectivity index (χ3v) is 5.19. The molecule has 10 heteroatoms. The first-order valence-electron chi connectivity index (χ1n) is 9.27. The van der Waals surface area contributed by atoms with Gasteiger partial charge in [-0.3, -0.25) is 5.01 Å². The smallest absolute Gasteiger partial charge is 0.416 e. The van der Waals surface area contributed by atoms with Gasteiger partial charge in [-0.15, -0.1) is 0 Å². The molecule has 1 atom stereocenters. The Bertz CT molecular complexity index is 915. The lowest BCUT2D eigenvalue weighted by Gasteiger charge is -2.25. The second-order valence-electron chi connectivity index (χ2n) is 7.42. The number of carbonyl (C=O) groups is 1. The van der Waals surface area contributed by atoms with Gasteiger partial charge in [0.25, 0.3) is 0 Å². The number of anilines is 2. The SMILES string of the molecule is CC(NN1CN(Cc2ccc(C(F)(F)F)cc2)c2cnc(C(=O)O)nc21)C1CC1. The van der Waals surface area contributed by atoms with Gasteiger partial charge in [0.1, 0.15) is 12.4 Å². The molecule has 0 saturated heterocycles. The predicted octanol–water partition coefficient (Wildman–Crippen LogP) is 3.28. The molecule has 29 heavy (non-hydrogen) atoms. The molecule has 0 bridgehead atoms. The Labute approximate surface area is 165 Å². The van der Waals surface area contributed by atoms with E-state index < -0.39 is 17.7 Å². The van der Waals surface area contributed by atoms with E-state index in [2.05, 4.69) is 22.3 Å². The Kier molecular flexibility index (Phi) is 4.81. The van der Waals surface area contributed by atoms with Crippen LogP contribution in [0.25, 0.3) is 0 Å². The van der Waals surface area contributed by atoms with Crippen LogP contribution >= 0.6 is 0 Å². The number of nitrogens with zero attached hydrogens (tertiary/aromatic N) is 4. The molecule has 7 nitrogen and oxygen atoms in total. The molecule has 1 aliphatic heterocycles. The minimum Gasteiger partial charge on any atom is -0.475 e. The molecule has 2 N–H and O–H groups in total. The van der Waals surface area contributed by atoms with Gasteiger partial charge < -0.3 is 10.0 Å². The van der Waals surface area contributed by atoms with Gasteiger partial charge in [0.15, 0.2) is 5.82 Å². The highest BCUT2D eigenvalue weighted by atomic mass is 19.4. The zero-order valence-electron chi connectivity index (χ0n) is 15.6. The number of hydrogen-bond acceptors (Lipinski definition) is 6. The van der Waals surface area contributed by atoms with Gasteiger partial charge in [0.2, 0.25) is 5.82 Å². The van der Waals surface area contributed by atoms with Gasteiger partial charge in [-0.25, -0.2) is 20.2 Å². The molecule has 2 aliphatic rings. The van der Waals surface area contributed by atoms with Crippen LogP contribution in [0.15, 0.2) is 30.5 Å². The summed E-state index contributed by atoms with van der Waals surface area (Å²) in [5.41, 5.74) is 4.00. The van der Waals surface area contributed by atoms with Crippen molar-refractivity contribution < 1.29 is 23.1 Å². The minimum atomic E-state index is -4.38. The number of hydrazine groups is 1. The van der Waals surface area contributed by atoms with E-state index in [-0.39, 0.29) is 11.9 Å². The summed E-state index contributed by atoms with van der Waals surface area (Å²) in [5, 5.41) is 11.0. The highest BCUT2D eigenvalue weighted by Crippen LogP contribution is 2.37. The number of aromatic carboxylic acids is 1. The van der Waals surface area contributed by atoms with Crippen LogP contribution in [0.3, 0.4) is 0 Å². The molecule has 1 aliphatic carbocycles. The molecule has 154 valence electrons. The summed E-state index contributed by atoms with van der Waals surface area (Å²) in [6, 6.07) is 5.20. The van der Waals surface area contributed by atoms with E-state index in [1.165, 1.54) is 18.3 Å². The Morgan fingerprint density at radius 1 is 1.31 bits per heavy atom. The summed E-state index contributed by atoms with van der Waals surface area (Å²) < 4.78 is 38.3. The Balaban J connectivity index is 1.57. The number of alkyl halides is 3. The summed E-state index contributed by atoms with van der Waals surface area (Å²) in [4.78, 5) is 21.2. The lowest BCUT2D eigenvalue weighted by molar-refractivity contribution is -0.137. The average molecular weight is 407 g/mol. The van der Waals surface area contributed by atoms with E-state index in [0.29, 0.717) is 36.2 Å². The summed E-state index contributed by atoms with van der Waals surface area (Å²) in [7, 11) is 0. The number of carboxylic acids is 1. The van der Waals surface area contributed by atoms with Crippen molar-refractivity contribution in [1.82, 2.24) is 15.4 Å². The molecular weight excluding hydrogens is 387 g/mol. The fourth-order valence-electron chi connectivity index (χ4n) is 3.41. The van der Waals surface area contributed by atoms with Crippen molar-refractivity contribution in [1.29, 1.82) is 0 Å². The summed E-state index contributed by atoms with van der Waals surface area (Å²) in [5.74, 6) is -0.491. The molecule has 1 fully saturated rings. The van der Waals surface area contributed by atoms with E-state index in [1.54, 1.807) is 5.01 Å². The van der Waals surface area contributed by atoms with Crippen molar-refractivity contribution in [3.05, 3.63) is 47.4 Å². The van der Waals surface area contributed by atoms with Crippen molar-refractivity contribution in [3.8, 4) is 0 Å². The van der Waals surface area contributed by atoms with Crippen molar-refractivity contribution in [2.45, 2.75) is 38.5 Å². The standard InChI is InChI=1S/C19H20F3N5O2/c1-11(13-4-5-13)25-27-10-26(15-8-23-16(18(28)29)24-17(15)27)9-12-2-6-14(7-3-12)19(20,21)22/h2-3,6-8,11,13,25H,4-5,9-10H2,1H3,(H,28,29). The largest absolute Gasteiger partial charge is 0.475 e. The van der Waals surface area contributed by atoms with Crippen molar-refractivity contribution in [2.24, 2.45) is 5.92 Å². The summed E-state index contributed by atoms with van der Waals surface area (Å²) in [6.45, 7) is 2.79. The van der Waals surface area contributed by atoms with Crippen LogP contribution in [0, 0.1) is 5.92 Å². The van der Waals surface area contributed by atoms with Crippen LogP contribution in [0.5, 0.6) is 0 Å². The lowest BCUT2D eigenvalue weighted by atomic mass is 10.1. The molecule has 0 amide bonds. The fourth-order valence-corrected chi connectivity index (χ4v) is 3.41. The van der Waals surface area contributed by atoms with Crippen LogP contribution in [-0.4, -0.2) is 33.8 Å². The van der Waals surface area contributed by atoms with Crippen LogP contribution in [0.2, 0.25) is 0 Å². The molecule has 0 radical (unpaired) electrons. The number of carboxylic acid groups (broad SMARTS) is 1. The Morgan fingerprint density at radius 2 is 2.00 bits per heavy atom. The van der Waals surface area contributed by atoms with Crippen LogP contribution in [0.1, 0.15) is 41.5 Å². The molecule has 2 aromatic rings. The van der Waals surface area contributed by atoms with Gasteiger partial charge in [-0.2, -0.15) is 13.2 Å². The Hall–Kier alpha value is -2.88. The third-order valence-electron chi connectivity index (χ3n) is 5.19. The molecule has 0 spiro atoms. The average Bonchev–Trinajstić information content (AvgIpc) is 3.47. The zero-order valence-corrected chi connectivity index (χ0v) is 15.6. The van der Waals surface area contributed by atoms with E-state index in [9.17, 15) is 23.1 Å². The maximum atomic E-state index is 12.8. The molecule has 1 unspecified atom stereocenters. The van der Waals surface area contributed by atoms with Crippen LogP contribution < -0.4 is 15.3 Å². The maximum absolute atomic E-state index is 12.8. The van der Waals surface area contributed by atoms with Crippen molar-refractivity contribution >= 4 is 17.5 Å². The highest BCUT2D eigenvalue weighted by molar-refractivity contribution is 5.85. The quantitative estimate of drug-likeness (QED) is 0.761. The van der Waals surface area contributed by atoms with E-state index >= 15 is 0 Å². The number of aromatic nitrogens is 2. The monoisotopic (exact) mass is 407 g/mol. The highest BCUT2D eigenvalue weighted by Gasteiger charge is 2.34. The first-order chi connectivity index (χ1) is 13.7. The fraction of sp³-hybridized carbons (Fsp3) is 0.421. The number of hydrogen-bond donors (Lipinski definition) is 2. The van der Waals surface area contributed by atoms with Gasteiger partial charge in [0, 0.05) is 12.6 Å². The summed E-state index contributed by atoms with van der Waals surface area (Å²) >= 11 is 0. The number of nitrogens with one attached hydrogen (secondary N) is 1. The predicted molar refractivity (Wildman–Crippen MR) is 99.3 cm³/mol. The molecule has 1 aromatic heterocycles. The van der Waals surface area contributed by atoms with Crippen molar-refractivity contribution in [3.63, 3.8) is 0 Å². The number of benzene rings is 1. The molecule has 4 rings (SSSR count). The number of rotatable bonds is 6. The normalized spacial score (nSPS) is 17.4. The van der Waals surface area contributed by atoms with E-state index in [4.69, 9.17) is 0 Å². The topological polar surface area (TPSA) is 81.6 Å². The van der Waals surface area contributed by atoms with Gasteiger partial charge in [-0.05, 0) is 43.4 Å². The zero-order chi connectivity index (χ0) is 20.8. The molecule has 1 saturated carbocycles. The van der Waals surface area contributed by atoms with E-state index in [0.717, 1.165) is 25.0 Å². The van der Waals surface area contributed by atoms with Gasteiger partial charge in [-0.1, -0.05) is 12.1 Å². The van der Waals surface area contributed by atoms with Crippen molar-refractivity contribution in [2.75, 3.05) is 16.6 Å². The van der Waals surface area contributed by atoms with Crippen LogP contribution in [0.4, 0.5) is 24.7 Å². The van der Waals surface area contributed by atoms with Crippen LogP contribution in [-0.2, 0) is 12.7 Å². The summed E-state index contributed by atoms with van der Waals surface area (Å²) in [6.07, 6.45) is -0.637. The Morgan fingerprint density at radius 3 is 2.59 bits per heavy atom. The van der Waals surface area contributed by atoms with Gasteiger partial charge in [0.05, 0.1) is 11.8 Å². The first-order valence-corrected chi connectivity index (χ1v) is 9.27. The first kappa shape index (κ1) is 19.4. The minimum absolute atomic E-state index is 0.206.